The van der Waals surface area contributed by atoms with E-state index < -0.39 is 11.5 Å². The van der Waals surface area contributed by atoms with Crippen molar-refractivity contribution in [3.63, 3.8) is 0 Å². The molecule has 0 aliphatic carbocycles. The summed E-state index contributed by atoms with van der Waals surface area (Å²) in [4.78, 5) is 26.3. The number of nitrogens with zero attached hydrogens (tertiary/aromatic N) is 1. The first-order valence-corrected chi connectivity index (χ1v) is 9.69. The first-order chi connectivity index (χ1) is 11.7. The SMILES string of the molecule is CC(C)(C(=O)c1cc(Cl)c(SCCC(=O)O)c(Cl)c1)N1CCOCC1. The molecular weight excluding hydrogens is 385 g/mol. The molecule has 0 amide bonds. The van der Waals surface area contributed by atoms with E-state index in [9.17, 15) is 9.59 Å². The summed E-state index contributed by atoms with van der Waals surface area (Å²) in [5.41, 5.74) is -0.233. The quantitative estimate of drug-likeness (QED) is 0.548. The highest BCUT2D eigenvalue weighted by Gasteiger charge is 2.36. The molecule has 1 aromatic carbocycles. The monoisotopic (exact) mass is 405 g/mol. The molecule has 2 rings (SSSR count). The van der Waals surface area contributed by atoms with E-state index in [0.717, 1.165) is 0 Å². The summed E-state index contributed by atoms with van der Waals surface area (Å²) in [5.74, 6) is -0.569. The molecule has 0 unspecified atom stereocenters. The van der Waals surface area contributed by atoms with Gasteiger partial charge in [0, 0.05) is 29.3 Å². The van der Waals surface area contributed by atoms with Gasteiger partial charge in [-0.25, -0.2) is 0 Å². The van der Waals surface area contributed by atoms with Gasteiger partial charge in [-0.15, -0.1) is 11.8 Å². The first-order valence-electron chi connectivity index (χ1n) is 7.94. The van der Waals surface area contributed by atoms with Crippen LogP contribution in [-0.4, -0.2) is 59.4 Å². The third-order valence-corrected chi connectivity index (χ3v) is 6.14. The summed E-state index contributed by atoms with van der Waals surface area (Å²) in [5, 5.41) is 9.45. The number of carboxylic acid groups (broad SMARTS) is 1. The number of carboxylic acids is 1. The van der Waals surface area contributed by atoms with E-state index in [1.807, 2.05) is 13.8 Å². The van der Waals surface area contributed by atoms with Crippen LogP contribution in [0.15, 0.2) is 17.0 Å². The van der Waals surface area contributed by atoms with E-state index in [4.69, 9.17) is 33.0 Å². The van der Waals surface area contributed by atoms with E-state index >= 15 is 0 Å². The number of ketones is 1. The molecule has 0 saturated carbocycles. The molecule has 0 aromatic heterocycles. The Morgan fingerprint density at radius 2 is 1.80 bits per heavy atom. The molecule has 1 aliphatic rings. The van der Waals surface area contributed by atoms with Gasteiger partial charge in [-0.3, -0.25) is 14.5 Å². The predicted octanol–water partition coefficient (Wildman–Crippen LogP) is 3.85. The van der Waals surface area contributed by atoms with Gasteiger partial charge in [0.05, 0.1) is 35.2 Å². The number of hydrogen-bond acceptors (Lipinski definition) is 5. The number of carbonyl (C=O) groups is 2. The van der Waals surface area contributed by atoms with Gasteiger partial charge in [-0.1, -0.05) is 23.2 Å². The van der Waals surface area contributed by atoms with Gasteiger partial charge in [0.1, 0.15) is 0 Å². The molecule has 1 aliphatic heterocycles. The lowest BCUT2D eigenvalue weighted by atomic mass is 9.91. The molecule has 0 radical (unpaired) electrons. The average Bonchev–Trinajstić information content (AvgIpc) is 2.57. The van der Waals surface area contributed by atoms with E-state index in [1.54, 1.807) is 12.1 Å². The fraction of sp³-hybridized carbons (Fsp3) is 0.529. The number of hydrogen-bond donors (Lipinski definition) is 1. The van der Waals surface area contributed by atoms with Gasteiger partial charge in [0.25, 0.3) is 0 Å². The van der Waals surface area contributed by atoms with Crippen LogP contribution in [0.2, 0.25) is 10.0 Å². The number of Topliss-reactive ketones (excluding diaryl/α,β-unsaturated/α-hetero) is 1. The predicted molar refractivity (Wildman–Crippen MR) is 100 cm³/mol. The second kappa shape index (κ2) is 8.73. The summed E-state index contributed by atoms with van der Waals surface area (Å²) in [6, 6.07) is 3.22. The van der Waals surface area contributed by atoms with Crippen molar-refractivity contribution in [1.29, 1.82) is 0 Å². The van der Waals surface area contributed by atoms with Crippen molar-refractivity contribution >= 4 is 46.7 Å². The molecule has 1 fully saturated rings. The van der Waals surface area contributed by atoms with Crippen LogP contribution in [0.25, 0.3) is 0 Å². The minimum atomic E-state index is -0.876. The van der Waals surface area contributed by atoms with E-state index in [-0.39, 0.29) is 12.2 Å². The van der Waals surface area contributed by atoms with Gasteiger partial charge < -0.3 is 9.84 Å². The van der Waals surface area contributed by atoms with Crippen LogP contribution < -0.4 is 0 Å². The van der Waals surface area contributed by atoms with Gasteiger partial charge in [0.2, 0.25) is 0 Å². The highest BCUT2D eigenvalue weighted by molar-refractivity contribution is 7.99. The van der Waals surface area contributed by atoms with E-state index in [2.05, 4.69) is 4.90 Å². The zero-order chi connectivity index (χ0) is 18.6. The fourth-order valence-electron chi connectivity index (χ4n) is 2.69. The number of thioether (sulfide) groups is 1. The molecule has 0 bridgehead atoms. The van der Waals surface area contributed by atoms with Crippen molar-refractivity contribution in [2.75, 3.05) is 32.1 Å². The minimum Gasteiger partial charge on any atom is -0.481 e. The first kappa shape index (κ1) is 20.5. The molecule has 138 valence electrons. The molecule has 1 N–H and O–H groups in total. The number of halogens is 2. The van der Waals surface area contributed by atoms with Gasteiger partial charge >= 0.3 is 5.97 Å². The van der Waals surface area contributed by atoms with Crippen molar-refractivity contribution in [2.45, 2.75) is 30.7 Å². The Hall–Kier alpha value is -0.790. The normalized spacial score (nSPS) is 16.0. The molecular formula is C17H21Cl2NO4S. The number of morpholine rings is 1. The van der Waals surface area contributed by atoms with Gasteiger partial charge in [-0.2, -0.15) is 0 Å². The Morgan fingerprint density at radius 1 is 1.24 bits per heavy atom. The minimum absolute atomic E-state index is 0.0159. The maximum atomic E-state index is 13.0. The Morgan fingerprint density at radius 3 is 2.32 bits per heavy atom. The van der Waals surface area contributed by atoms with Gasteiger partial charge in [0.15, 0.2) is 5.78 Å². The number of aliphatic carboxylic acids is 1. The Labute approximate surface area is 161 Å². The molecule has 1 aromatic rings. The lowest BCUT2D eigenvalue weighted by Crippen LogP contribution is -2.54. The lowest BCUT2D eigenvalue weighted by Gasteiger charge is -2.39. The highest BCUT2D eigenvalue weighted by atomic mass is 35.5. The molecule has 0 spiro atoms. The van der Waals surface area contributed by atoms with Crippen LogP contribution in [0.3, 0.4) is 0 Å². The van der Waals surface area contributed by atoms with E-state index in [0.29, 0.717) is 52.6 Å². The van der Waals surface area contributed by atoms with Crippen LogP contribution >= 0.6 is 35.0 Å². The Balaban J connectivity index is 2.18. The number of ether oxygens (including phenoxy) is 1. The second-order valence-electron chi connectivity index (χ2n) is 6.25. The lowest BCUT2D eigenvalue weighted by molar-refractivity contribution is -0.136. The summed E-state index contributed by atoms with van der Waals surface area (Å²) in [6.45, 7) is 6.39. The third kappa shape index (κ3) is 5.11. The molecule has 5 nitrogen and oxygen atoms in total. The summed E-state index contributed by atoms with van der Waals surface area (Å²) in [6.07, 6.45) is 0.0159. The summed E-state index contributed by atoms with van der Waals surface area (Å²) in [7, 11) is 0. The van der Waals surface area contributed by atoms with E-state index in [1.165, 1.54) is 11.8 Å². The maximum absolute atomic E-state index is 13.0. The van der Waals surface area contributed by atoms with Crippen LogP contribution in [-0.2, 0) is 9.53 Å². The number of benzene rings is 1. The third-order valence-electron chi connectivity index (χ3n) is 4.18. The van der Waals surface area contributed by atoms with Crippen molar-refractivity contribution in [2.24, 2.45) is 0 Å². The zero-order valence-electron chi connectivity index (χ0n) is 14.2. The largest absolute Gasteiger partial charge is 0.481 e. The maximum Gasteiger partial charge on any atom is 0.304 e. The smallest absolute Gasteiger partial charge is 0.304 e. The Bertz CT molecular complexity index is 637. The average molecular weight is 406 g/mol. The molecule has 1 heterocycles. The molecule has 8 heteroatoms. The molecule has 0 atom stereocenters. The van der Waals surface area contributed by atoms with Crippen LogP contribution in [0.1, 0.15) is 30.6 Å². The van der Waals surface area contributed by atoms with Crippen molar-refractivity contribution < 1.29 is 19.4 Å². The topological polar surface area (TPSA) is 66.8 Å². The van der Waals surface area contributed by atoms with Crippen molar-refractivity contribution in [1.82, 2.24) is 4.90 Å². The standard InChI is InChI=1S/C17H21Cl2NO4S/c1-17(2,20-4-6-24-7-5-20)16(23)11-9-12(18)15(13(19)10-11)25-8-3-14(21)22/h9-10H,3-8H2,1-2H3,(H,21,22). The van der Waals surface area contributed by atoms with Crippen molar-refractivity contribution in [3.05, 3.63) is 27.7 Å². The summed E-state index contributed by atoms with van der Waals surface area (Å²) < 4.78 is 5.35. The summed E-state index contributed by atoms with van der Waals surface area (Å²) >= 11 is 13.9. The highest BCUT2D eigenvalue weighted by Crippen LogP contribution is 2.36. The Kier molecular flexibility index (Phi) is 7.17. The van der Waals surface area contributed by atoms with Crippen LogP contribution in [0, 0.1) is 0 Å². The van der Waals surface area contributed by atoms with Crippen LogP contribution in [0.4, 0.5) is 0 Å². The molecule has 1 saturated heterocycles. The molecule has 25 heavy (non-hydrogen) atoms. The van der Waals surface area contributed by atoms with Crippen molar-refractivity contribution in [3.8, 4) is 0 Å². The zero-order valence-corrected chi connectivity index (χ0v) is 16.5. The van der Waals surface area contributed by atoms with Gasteiger partial charge in [-0.05, 0) is 26.0 Å². The van der Waals surface area contributed by atoms with Crippen LogP contribution in [0.5, 0.6) is 0 Å². The number of rotatable bonds is 7. The number of carbonyl (C=O) groups excluding carboxylic acids is 1. The second-order valence-corrected chi connectivity index (χ2v) is 8.17. The fourth-order valence-corrected chi connectivity index (χ4v) is 4.38.